The van der Waals surface area contributed by atoms with Crippen LogP contribution in [0.2, 0.25) is 0 Å². The van der Waals surface area contributed by atoms with Gasteiger partial charge in [0.05, 0.1) is 11.6 Å². The average molecular weight is 201 g/mol. The number of alkyl halides is 1. The van der Waals surface area contributed by atoms with Crippen molar-refractivity contribution in [1.82, 2.24) is 9.78 Å². The van der Waals surface area contributed by atoms with Crippen molar-refractivity contribution in [2.45, 2.75) is 38.5 Å². The van der Waals surface area contributed by atoms with Crippen molar-refractivity contribution < 1.29 is 0 Å². The molecule has 1 heterocycles. The van der Waals surface area contributed by atoms with E-state index in [-0.39, 0.29) is 5.41 Å². The Hall–Kier alpha value is -0.500. The zero-order valence-corrected chi connectivity index (χ0v) is 9.52. The molecule has 3 heteroatoms. The predicted octanol–water partition coefficient (Wildman–Crippen LogP) is 2.85. The third-order valence-corrected chi connectivity index (χ3v) is 2.86. The summed E-state index contributed by atoms with van der Waals surface area (Å²) < 4.78 is 1.84. The van der Waals surface area contributed by atoms with E-state index >= 15 is 0 Å². The fourth-order valence-corrected chi connectivity index (χ4v) is 1.57. The molecule has 0 aliphatic carbocycles. The standard InChI is InChI=1S/C10H17ClN2/c1-5-10(2,3)9-8(6-11)7-13(4)12-9/h7H,5-6H2,1-4H3. The third-order valence-electron chi connectivity index (χ3n) is 2.57. The summed E-state index contributed by atoms with van der Waals surface area (Å²) in [5.74, 6) is 0.548. The molecular weight excluding hydrogens is 184 g/mol. The molecule has 0 aliphatic heterocycles. The summed E-state index contributed by atoms with van der Waals surface area (Å²) in [5, 5.41) is 4.46. The second-order valence-corrected chi connectivity index (χ2v) is 4.31. The van der Waals surface area contributed by atoms with Crippen LogP contribution in [-0.4, -0.2) is 9.78 Å². The highest BCUT2D eigenvalue weighted by atomic mass is 35.5. The van der Waals surface area contributed by atoms with Crippen molar-refractivity contribution in [3.05, 3.63) is 17.5 Å². The van der Waals surface area contributed by atoms with Gasteiger partial charge in [0.15, 0.2) is 0 Å². The summed E-state index contributed by atoms with van der Waals surface area (Å²) in [6.07, 6.45) is 3.08. The molecule has 0 saturated carbocycles. The van der Waals surface area contributed by atoms with Crippen molar-refractivity contribution in [2.75, 3.05) is 0 Å². The van der Waals surface area contributed by atoms with Crippen LogP contribution in [0.4, 0.5) is 0 Å². The molecule has 0 radical (unpaired) electrons. The van der Waals surface area contributed by atoms with Crippen molar-refractivity contribution in [2.24, 2.45) is 7.05 Å². The number of hydrogen-bond acceptors (Lipinski definition) is 1. The average Bonchev–Trinajstić information content (AvgIpc) is 2.47. The molecule has 0 bridgehead atoms. The predicted molar refractivity (Wildman–Crippen MR) is 56.1 cm³/mol. The van der Waals surface area contributed by atoms with Crippen LogP contribution >= 0.6 is 11.6 Å². The fraction of sp³-hybridized carbons (Fsp3) is 0.700. The van der Waals surface area contributed by atoms with Crippen LogP contribution in [0.5, 0.6) is 0 Å². The monoisotopic (exact) mass is 200 g/mol. The zero-order valence-electron chi connectivity index (χ0n) is 8.76. The van der Waals surface area contributed by atoms with Gasteiger partial charge >= 0.3 is 0 Å². The molecule has 74 valence electrons. The van der Waals surface area contributed by atoms with Crippen LogP contribution in [-0.2, 0) is 18.3 Å². The summed E-state index contributed by atoms with van der Waals surface area (Å²) >= 11 is 5.86. The zero-order chi connectivity index (χ0) is 10.1. The molecule has 1 aromatic heterocycles. The Morgan fingerprint density at radius 1 is 1.54 bits per heavy atom. The first kappa shape index (κ1) is 10.6. The smallest absolute Gasteiger partial charge is 0.0724 e. The Kier molecular flexibility index (Phi) is 3.01. The molecule has 13 heavy (non-hydrogen) atoms. The molecule has 1 rings (SSSR count). The topological polar surface area (TPSA) is 17.8 Å². The molecule has 0 atom stereocenters. The molecule has 0 aromatic carbocycles. The molecule has 0 fully saturated rings. The Labute approximate surface area is 84.9 Å². The van der Waals surface area contributed by atoms with Crippen molar-refractivity contribution in [3.8, 4) is 0 Å². The second-order valence-electron chi connectivity index (χ2n) is 4.05. The van der Waals surface area contributed by atoms with Gasteiger partial charge in [-0.3, -0.25) is 4.68 Å². The van der Waals surface area contributed by atoms with E-state index in [0.29, 0.717) is 5.88 Å². The Morgan fingerprint density at radius 2 is 2.15 bits per heavy atom. The van der Waals surface area contributed by atoms with Crippen molar-refractivity contribution in [1.29, 1.82) is 0 Å². The van der Waals surface area contributed by atoms with Crippen LogP contribution in [0.15, 0.2) is 6.20 Å². The van der Waals surface area contributed by atoms with Crippen LogP contribution in [0.1, 0.15) is 38.4 Å². The molecule has 2 nitrogen and oxygen atoms in total. The maximum Gasteiger partial charge on any atom is 0.0724 e. The first-order chi connectivity index (χ1) is 6.01. The maximum absolute atomic E-state index is 5.86. The lowest BCUT2D eigenvalue weighted by molar-refractivity contribution is 0.479. The van der Waals surface area contributed by atoms with Crippen LogP contribution in [0, 0.1) is 0 Å². The lowest BCUT2D eigenvalue weighted by Crippen LogP contribution is -2.18. The van der Waals surface area contributed by atoms with Gasteiger partial charge < -0.3 is 0 Å². The van der Waals surface area contributed by atoms with Crippen LogP contribution in [0.25, 0.3) is 0 Å². The van der Waals surface area contributed by atoms with Gasteiger partial charge in [-0.25, -0.2) is 0 Å². The first-order valence-electron chi connectivity index (χ1n) is 4.60. The third kappa shape index (κ3) is 2.05. The highest BCUT2D eigenvalue weighted by Gasteiger charge is 2.24. The van der Waals surface area contributed by atoms with Gasteiger partial charge in [0.1, 0.15) is 0 Å². The van der Waals surface area contributed by atoms with Gasteiger partial charge in [-0.15, -0.1) is 11.6 Å². The quantitative estimate of drug-likeness (QED) is 0.687. The minimum atomic E-state index is 0.130. The number of aromatic nitrogens is 2. The maximum atomic E-state index is 5.86. The normalized spacial score (nSPS) is 12.1. The van der Waals surface area contributed by atoms with Gasteiger partial charge in [0, 0.05) is 24.2 Å². The molecule has 0 saturated heterocycles. The molecule has 0 unspecified atom stereocenters. The highest BCUT2D eigenvalue weighted by Crippen LogP contribution is 2.28. The minimum absolute atomic E-state index is 0.130. The molecular formula is C10H17ClN2. The molecule has 0 N–H and O–H groups in total. The van der Waals surface area contributed by atoms with E-state index in [0.717, 1.165) is 17.7 Å². The SMILES string of the molecule is CCC(C)(C)c1nn(C)cc1CCl. The number of rotatable bonds is 3. The van der Waals surface area contributed by atoms with E-state index in [9.17, 15) is 0 Å². The van der Waals surface area contributed by atoms with E-state index in [1.54, 1.807) is 0 Å². The fourth-order valence-electron chi connectivity index (χ4n) is 1.37. The summed E-state index contributed by atoms with van der Waals surface area (Å²) in [6.45, 7) is 6.57. The van der Waals surface area contributed by atoms with Gasteiger partial charge in [-0.1, -0.05) is 20.8 Å². The lowest BCUT2D eigenvalue weighted by atomic mass is 9.85. The molecule has 0 spiro atoms. The Balaban J connectivity index is 3.12. The van der Waals surface area contributed by atoms with E-state index in [1.807, 2.05) is 17.9 Å². The summed E-state index contributed by atoms with van der Waals surface area (Å²) in [7, 11) is 1.94. The Bertz CT molecular complexity index is 289. The van der Waals surface area contributed by atoms with Crippen LogP contribution < -0.4 is 0 Å². The molecule has 0 amide bonds. The molecule has 1 aromatic rings. The summed E-state index contributed by atoms with van der Waals surface area (Å²) in [4.78, 5) is 0. The number of aryl methyl sites for hydroxylation is 1. The first-order valence-corrected chi connectivity index (χ1v) is 5.13. The highest BCUT2D eigenvalue weighted by molar-refractivity contribution is 6.17. The van der Waals surface area contributed by atoms with Crippen molar-refractivity contribution in [3.63, 3.8) is 0 Å². The Morgan fingerprint density at radius 3 is 2.62 bits per heavy atom. The number of halogens is 1. The second kappa shape index (κ2) is 3.70. The number of hydrogen-bond donors (Lipinski definition) is 0. The van der Waals surface area contributed by atoms with E-state index in [2.05, 4.69) is 25.9 Å². The minimum Gasteiger partial charge on any atom is -0.275 e. The van der Waals surface area contributed by atoms with Gasteiger partial charge in [0.2, 0.25) is 0 Å². The lowest BCUT2D eigenvalue weighted by Gasteiger charge is -2.21. The van der Waals surface area contributed by atoms with Crippen molar-refractivity contribution >= 4 is 11.6 Å². The van der Waals surface area contributed by atoms with E-state index in [4.69, 9.17) is 11.6 Å². The van der Waals surface area contributed by atoms with Gasteiger partial charge in [-0.2, -0.15) is 5.10 Å². The van der Waals surface area contributed by atoms with Gasteiger partial charge in [0.25, 0.3) is 0 Å². The summed E-state index contributed by atoms with van der Waals surface area (Å²) in [5.41, 5.74) is 2.41. The summed E-state index contributed by atoms with van der Waals surface area (Å²) in [6, 6.07) is 0. The van der Waals surface area contributed by atoms with Crippen LogP contribution in [0.3, 0.4) is 0 Å². The van der Waals surface area contributed by atoms with E-state index in [1.165, 1.54) is 0 Å². The number of nitrogens with zero attached hydrogens (tertiary/aromatic N) is 2. The molecule has 0 aliphatic rings. The van der Waals surface area contributed by atoms with E-state index < -0.39 is 0 Å². The van der Waals surface area contributed by atoms with Gasteiger partial charge in [-0.05, 0) is 6.42 Å². The largest absolute Gasteiger partial charge is 0.275 e.